The van der Waals surface area contributed by atoms with Crippen LogP contribution in [0.4, 0.5) is 0 Å². The predicted octanol–water partition coefficient (Wildman–Crippen LogP) is 4.04. The van der Waals surface area contributed by atoms with Gasteiger partial charge >= 0.3 is 0 Å². The lowest BCUT2D eigenvalue weighted by Crippen LogP contribution is -2.11. The molecule has 3 heteroatoms. The first-order valence-electron chi connectivity index (χ1n) is 6.48. The summed E-state index contributed by atoms with van der Waals surface area (Å²) in [5.41, 5.74) is 2.38. The number of thiazole rings is 1. The maximum atomic E-state index is 4.80. The van der Waals surface area contributed by atoms with Crippen LogP contribution in [0.15, 0.2) is 30.3 Å². The largest absolute Gasteiger partial charge is 0.311 e. The zero-order valence-corrected chi connectivity index (χ0v) is 12.1. The molecule has 0 bridgehead atoms. The fourth-order valence-corrected chi connectivity index (χ4v) is 2.94. The maximum Gasteiger partial charge on any atom is 0.107 e. The number of nitrogens with zero attached hydrogens (tertiary/aromatic N) is 1. The fraction of sp³-hybridized carbons (Fsp3) is 0.400. The molecule has 0 saturated heterocycles. The molecule has 0 fully saturated rings. The van der Waals surface area contributed by atoms with Crippen molar-refractivity contribution in [3.05, 3.63) is 40.2 Å². The van der Waals surface area contributed by atoms with Crippen molar-refractivity contribution in [2.45, 2.75) is 33.2 Å². The summed E-state index contributed by atoms with van der Waals surface area (Å²) in [6, 6.07) is 10.5. The van der Waals surface area contributed by atoms with Crippen LogP contribution in [0, 0.1) is 0 Å². The van der Waals surface area contributed by atoms with Gasteiger partial charge in [0.05, 0.1) is 5.69 Å². The van der Waals surface area contributed by atoms with E-state index in [1.807, 2.05) is 17.4 Å². The highest BCUT2D eigenvalue weighted by Gasteiger charge is 2.15. The van der Waals surface area contributed by atoms with E-state index in [0.29, 0.717) is 5.92 Å². The maximum absolute atomic E-state index is 4.80. The van der Waals surface area contributed by atoms with Crippen LogP contribution < -0.4 is 5.32 Å². The van der Waals surface area contributed by atoms with E-state index in [1.165, 1.54) is 15.4 Å². The number of rotatable bonds is 5. The highest BCUT2D eigenvalue weighted by molar-refractivity contribution is 7.12. The summed E-state index contributed by atoms with van der Waals surface area (Å²) in [6.45, 7) is 8.44. The van der Waals surface area contributed by atoms with Crippen LogP contribution in [0.25, 0.3) is 11.3 Å². The Morgan fingerprint density at radius 3 is 2.56 bits per heavy atom. The summed E-state index contributed by atoms with van der Waals surface area (Å²) in [4.78, 5) is 6.18. The van der Waals surface area contributed by atoms with Crippen LogP contribution in [-0.4, -0.2) is 11.5 Å². The van der Waals surface area contributed by atoms with E-state index in [2.05, 4.69) is 50.4 Å². The average Bonchev–Trinajstić information content (AvgIpc) is 2.82. The topological polar surface area (TPSA) is 24.9 Å². The first kappa shape index (κ1) is 13.2. The third kappa shape index (κ3) is 2.98. The fourth-order valence-electron chi connectivity index (χ4n) is 1.88. The van der Waals surface area contributed by atoms with Gasteiger partial charge in [0.1, 0.15) is 5.01 Å². The minimum Gasteiger partial charge on any atom is -0.311 e. The van der Waals surface area contributed by atoms with Crippen LogP contribution in [-0.2, 0) is 6.54 Å². The Morgan fingerprint density at radius 1 is 1.22 bits per heavy atom. The highest BCUT2D eigenvalue weighted by atomic mass is 32.1. The Labute approximate surface area is 113 Å². The lowest BCUT2D eigenvalue weighted by Gasteiger charge is -2.04. The van der Waals surface area contributed by atoms with Crippen LogP contribution in [0.3, 0.4) is 0 Å². The SMILES string of the molecule is CCNCc1nc(-c2ccccc2)c(C(C)C)s1. The molecular formula is C15H20N2S. The quantitative estimate of drug-likeness (QED) is 0.877. The zero-order valence-electron chi connectivity index (χ0n) is 11.2. The third-order valence-electron chi connectivity index (χ3n) is 2.80. The number of hydrogen-bond donors (Lipinski definition) is 1. The molecule has 0 aliphatic heterocycles. The second-order valence-electron chi connectivity index (χ2n) is 4.62. The van der Waals surface area contributed by atoms with E-state index >= 15 is 0 Å². The van der Waals surface area contributed by atoms with E-state index in [9.17, 15) is 0 Å². The molecule has 18 heavy (non-hydrogen) atoms. The molecule has 0 aliphatic rings. The van der Waals surface area contributed by atoms with Gasteiger partial charge in [-0.1, -0.05) is 51.1 Å². The highest BCUT2D eigenvalue weighted by Crippen LogP contribution is 2.33. The van der Waals surface area contributed by atoms with Gasteiger partial charge in [-0.25, -0.2) is 4.98 Å². The minimum atomic E-state index is 0.521. The Kier molecular flexibility index (Phi) is 4.50. The van der Waals surface area contributed by atoms with E-state index in [1.54, 1.807) is 0 Å². The van der Waals surface area contributed by atoms with E-state index < -0.39 is 0 Å². The molecule has 2 nitrogen and oxygen atoms in total. The molecule has 1 N–H and O–H groups in total. The van der Waals surface area contributed by atoms with Gasteiger partial charge in [0, 0.05) is 17.0 Å². The molecule has 0 aliphatic carbocycles. The number of nitrogens with one attached hydrogen (secondary N) is 1. The van der Waals surface area contributed by atoms with Gasteiger partial charge in [0.2, 0.25) is 0 Å². The molecule has 0 unspecified atom stereocenters. The molecule has 2 aromatic rings. The second-order valence-corrected chi connectivity index (χ2v) is 5.74. The van der Waals surface area contributed by atoms with Gasteiger partial charge in [-0.05, 0) is 12.5 Å². The number of hydrogen-bond acceptors (Lipinski definition) is 3. The summed E-state index contributed by atoms with van der Waals surface area (Å²) < 4.78 is 0. The number of benzene rings is 1. The molecular weight excluding hydrogens is 240 g/mol. The summed E-state index contributed by atoms with van der Waals surface area (Å²) in [7, 11) is 0. The standard InChI is InChI=1S/C15H20N2S/c1-4-16-10-13-17-14(15(18-13)11(2)3)12-8-6-5-7-9-12/h5-9,11,16H,4,10H2,1-3H3. The molecule has 0 amide bonds. The molecule has 96 valence electrons. The van der Waals surface area contributed by atoms with Crippen molar-refractivity contribution in [2.75, 3.05) is 6.54 Å². The van der Waals surface area contributed by atoms with Gasteiger partial charge in [0.15, 0.2) is 0 Å². The van der Waals surface area contributed by atoms with Crippen molar-refractivity contribution in [1.29, 1.82) is 0 Å². The Morgan fingerprint density at radius 2 is 1.94 bits per heavy atom. The lowest BCUT2D eigenvalue weighted by molar-refractivity contribution is 0.723. The van der Waals surface area contributed by atoms with Crippen LogP contribution in [0.5, 0.6) is 0 Å². The summed E-state index contributed by atoms with van der Waals surface area (Å²) in [5, 5.41) is 4.52. The van der Waals surface area contributed by atoms with Gasteiger partial charge < -0.3 is 5.32 Å². The second kappa shape index (κ2) is 6.12. The summed E-state index contributed by atoms with van der Waals surface area (Å²) in [6.07, 6.45) is 0. The smallest absolute Gasteiger partial charge is 0.107 e. The minimum absolute atomic E-state index is 0.521. The molecule has 0 saturated carbocycles. The molecule has 0 spiro atoms. The molecule has 1 aromatic carbocycles. The Balaban J connectivity index is 2.36. The van der Waals surface area contributed by atoms with Gasteiger partial charge in [-0.15, -0.1) is 11.3 Å². The van der Waals surface area contributed by atoms with Crippen molar-refractivity contribution in [3.8, 4) is 11.3 Å². The molecule has 1 aromatic heterocycles. The van der Waals surface area contributed by atoms with Crippen molar-refractivity contribution in [3.63, 3.8) is 0 Å². The lowest BCUT2D eigenvalue weighted by atomic mass is 10.1. The summed E-state index contributed by atoms with van der Waals surface area (Å²) in [5.74, 6) is 0.521. The first-order chi connectivity index (χ1) is 8.72. The zero-order chi connectivity index (χ0) is 13.0. The van der Waals surface area contributed by atoms with Crippen molar-refractivity contribution in [2.24, 2.45) is 0 Å². The Bertz CT molecular complexity index is 488. The Hall–Kier alpha value is -1.19. The van der Waals surface area contributed by atoms with Gasteiger partial charge in [0.25, 0.3) is 0 Å². The van der Waals surface area contributed by atoms with Crippen molar-refractivity contribution >= 4 is 11.3 Å². The average molecular weight is 260 g/mol. The van der Waals surface area contributed by atoms with Crippen LogP contribution in [0.2, 0.25) is 0 Å². The number of aromatic nitrogens is 1. The summed E-state index contributed by atoms with van der Waals surface area (Å²) >= 11 is 1.83. The van der Waals surface area contributed by atoms with Crippen LogP contribution in [0.1, 0.15) is 36.6 Å². The predicted molar refractivity (Wildman–Crippen MR) is 79.0 cm³/mol. The van der Waals surface area contributed by atoms with Crippen molar-refractivity contribution in [1.82, 2.24) is 10.3 Å². The normalized spacial score (nSPS) is 11.1. The monoisotopic (exact) mass is 260 g/mol. The van der Waals surface area contributed by atoms with E-state index in [4.69, 9.17) is 4.98 Å². The van der Waals surface area contributed by atoms with Gasteiger partial charge in [-0.3, -0.25) is 0 Å². The van der Waals surface area contributed by atoms with Crippen LogP contribution >= 0.6 is 11.3 Å². The molecule has 2 rings (SSSR count). The van der Waals surface area contributed by atoms with Gasteiger partial charge in [-0.2, -0.15) is 0 Å². The van der Waals surface area contributed by atoms with E-state index in [0.717, 1.165) is 18.8 Å². The third-order valence-corrected chi connectivity index (χ3v) is 4.15. The van der Waals surface area contributed by atoms with Crippen molar-refractivity contribution < 1.29 is 0 Å². The molecule has 0 radical (unpaired) electrons. The van der Waals surface area contributed by atoms with E-state index in [-0.39, 0.29) is 0 Å². The molecule has 1 heterocycles. The first-order valence-corrected chi connectivity index (χ1v) is 7.29. The molecule has 0 atom stereocenters.